The van der Waals surface area contributed by atoms with E-state index in [2.05, 4.69) is 15.3 Å². The summed E-state index contributed by atoms with van der Waals surface area (Å²) in [5, 5.41) is 12.0. The van der Waals surface area contributed by atoms with Crippen molar-refractivity contribution in [3.8, 4) is 0 Å². The summed E-state index contributed by atoms with van der Waals surface area (Å²) in [5.41, 5.74) is 3.42. The SMILES string of the molecule is Cc1cnccc1CNc1nc2ccc(C(=O)O)cc2o1. The monoisotopic (exact) mass is 283 g/mol. The van der Waals surface area contributed by atoms with Gasteiger partial charge in [0.1, 0.15) is 5.52 Å². The van der Waals surface area contributed by atoms with E-state index in [0.717, 1.165) is 11.1 Å². The summed E-state index contributed by atoms with van der Waals surface area (Å²) >= 11 is 0. The third kappa shape index (κ3) is 2.69. The number of carboxylic acid groups (broad SMARTS) is 1. The summed E-state index contributed by atoms with van der Waals surface area (Å²) in [4.78, 5) is 19.2. The lowest BCUT2D eigenvalue weighted by Crippen LogP contribution is -2.01. The Labute approximate surface area is 120 Å². The molecule has 0 radical (unpaired) electrons. The first-order chi connectivity index (χ1) is 10.1. The highest BCUT2D eigenvalue weighted by atomic mass is 16.4. The summed E-state index contributed by atoms with van der Waals surface area (Å²) in [6.07, 6.45) is 3.53. The molecule has 2 N–H and O–H groups in total. The number of oxazole rings is 1. The summed E-state index contributed by atoms with van der Waals surface area (Å²) in [7, 11) is 0. The Hall–Kier alpha value is -2.89. The van der Waals surface area contributed by atoms with Crippen molar-refractivity contribution in [1.29, 1.82) is 0 Å². The molecule has 0 aliphatic heterocycles. The van der Waals surface area contributed by atoms with Crippen LogP contribution in [0.4, 0.5) is 6.01 Å². The van der Waals surface area contributed by atoms with Crippen LogP contribution in [0.25, 0.3) is 11.1 Å². The molecule has 21 heavy (non-hydrogen) atoms. The average molecular weight is 283 g/mol. The number of aromatic nitrogens is 2. The lowest BCUT2D eigenvalue weighted by Gasteiger charge is -2.04. The Balaban J connectivity index is 1.82. The van der Waals surface area contributed by atoms with Gasteiger partial charge in [-0.1, -0.05) is 0 Å². The predicted molar refractivity (Wildman–Crippen MR) is 77.3 cm³/mol. The van der Waals surface area contributed by atoms with Crippen LogP contribution in [-0.2, 0) is 6.54 Å². The zero-order valence-corrected chi connectivity index (χ0v) is 11.3. The van der Waals surface area contributed by atoms with Gasteiger partial charge in [-0.3, -0.25) is 4.98 Å². The minimum atomic E-state index is -0.991. The van der Waals surface area contributed by atoms with Gasteiger partial charge in [-0.15, -0.1) is 0 Å². The molecule has 6 nitrogen and oxygen atoms in total. The number of carbonyl (C=O) groups is 1. The van der Waals surface area contributed by atoms with Crippen LogP contribution < -0.4 is 5.32 Å². The number of pyridine rings is 1. The van der Waals surface area contributed by atoms with Crippen LogP contribution in [-0.4, -0.2) is 21.0 Å². The van der Waals surface area contributed by atoms with Gasteiger partial charge in [-0.2, -0.15) is 4.98 Å². The van der Waals surface area contributed by atoms with Crippen molar-refractivity contribution in [3.63, 3.8) is 0 Å². The fraction of sp³-hybridized carbons (Fsp3) is 0.133. The molecular weight excluding hydrogens is 270 g/mol. The largest absolute Gasteiger partial charge is 0.478 e. The number of aromatic carboxylic acids is 1. The second-order valence-electron chi connectivity index (χ2n) is 4.66. The number of aryl methyl sites for hydroxylation is 1. The van der Waals surface area contributed by atoms with Gasteiger partial charge in [0, 0.05) is 18.9 Å². The maximum Gasteiger partial charge on any atom is 0.335 e. The fourth-order valence-corrected chi connectivity index (χ4v) is 2.00. The number of nitrogens with one attached hydrogen (secondary N) is 1. The third-order valence-corrected chi connectivity index (χ3v) is 3.20. The molecule has 3 rings (SSSR count). The molecule has 2 heterocycles. The zero-order chi connectivity index (χ0) is 14.8. The number of anilines is 1. The maximum absolute atomic E-state index is 10.9. The number of carboxylic acids is 1. The Morgan fingerprint density at radius 1 is 1.38 bits per heavy atom. The Morgan fingerprint density at radius 3 is 3.00 bits per heavy atom. The molecule has 2 aromatic heterocycles. The lowest BCUT2D eigenvalue weighted by atomic mass is 10.2. The molecular formula is C15H13N3O3. The Morgan fingerprint density at radius 2 is 2.24 bits per heavy atom. The quantitative estimate of drug-likeness (QED) is 0.765. The second-order valence-corrected chi connectivity index (χ2v) is 4.66. The number of benzene rings is 1. The molecule has 0 aliphatic rings. The lowest BCUT2D eigenvalue weighted by molar-refractivity contribution is 0.0697. The van der Waals surface area contributed by atoms with Crippen LogP contribution in [0.1, 0.15) is 21.5 Å². The van der Waals surface area contributed by atoms with E-state index in [1.165, 1.54) is 12.1 Å². The Bertz CT molecular complexity index is 811. The first-order valence-corrected chi connectivity index (χ1v) is 6.41. The number of hydrogen-bond acceptors (Lipinski definition) is 5. The molecule has 0 atom stereocenters. The number of rotatable bonds is 4. The van der Waals surface area contributed by atoms with E-state index in [0.29, 0.717) is 23.7 Å². The van der Waals surface area contributed by atoms with Crippen molar-refractivity contribution in [2.45, 2.75) is 13.5 Å². The van der Waals surface area contributed by atoms with Crippen LogP contribution in [0.3, 0.4) is 0 Å². The molecule has 0 spiro atoms. The highest BCUT2D eigenvalue weighted by Crippen LogP contribution is 2.21. The van der Waals surface area contributed by atoms with Crippen molar-refractivity contribution < 1.29 is 14.3 Å². The smallest absolute Gasteiger partial charge is 0.335 e. The molecule has 106 valence electrons. The summed E-state index contributed by atoms with van der Waals surface area (Å²) in [5.74, 6) is -0.991. The van der Waals surface area contributed by atoms with Crippen molar-refractivity contribution in [2.24, 2.45) is 0 Å². The van der Waals surface area contributed by atoms with E-state index in [1.807, 2.05) is 13.0 Å². The van der Waals surface area contributed by atoms with E-state index < -0.39 is 5.97 Å². The summed E-state index contributed by atoms with van der Waals surface area (Å²) < 4.78 is 5.52. The molecule has 6 heteroatoms. The van der Waals surface area contributed by atoms with E-state index >= 15 is 0 Å². The van der Waals surface area contributed by atoms with Crippen LogP contribution in [0.5, 0.6) is 0 Å². The number of nitrogens with zero attached hydrogens (tertiary/aromatic N) is 2. The van der Waals surface area contributed by atoms with Gasteiger partial charge < -0.3 is 14.8 Å². The predicted octanol–water partition coefficient (Wildman–Crippen LogP) is 2.84. The number of hydrogen-bond donors (Lipinski definition) is 2. The van der Waals surface area contributed by atoms with Crippen LogP contribution >= 0.6 is 0 Å². The molecule has 0 amide bonds. The second kappa shape index (κ2) is 5.24. The Kier molecular flexibility index (Phi) is 3.27. The van der Waals surface area contributed by atoms with E-state index in [1.54, 1.807) is 18.5 Å². The summed E-state index contributed by atoms with van der Waals surface area (Å²) in [6, 6.07) is 6.89. The van der Waals surface area contributed by atoms with E-state index in [-0.39, 0.29) is 5.56 Å². The molecule has 0 bridgehead atoms. The molecule has 0 unspecified atom stereocenters. The highest BCUT2D eigenvalue weighted by molar-refractivity contribution is 5.92. The van der Waals surface area contributed by atoms with Gasteiger partial charge in [0.25, 0.3) is 6.01 Å². The zero-order valence-electron chi connectivity index (χ0n) is 11.3. The van der Waals surface area contributed by atoms with Gasteiger partial charge in [0.2, 0.25) is 0 Å². The van der Waals surface area contributed by atoms with E-state index in [9.17, 15) is 4.79 Å². The standard InChI is InChI=1S/C15H13N3O3/c1-9-7-16-5-4-11(9)8-17-15-18-12-3-2-10(14(19)20)6-13(12)21-15/h2-7H,8H2,1H3,(H,17,18)(H,19,20). The van der Waals surface area contributed by atoms with Gasteiger partial charge >= 0.3 is 5.97 Å². The molecule has 0 saturated carbocycles. The molecule has 0 aliphatic carbocycles. The normalized spacial score (nSPS) is 10.7. The fourth-order valence-electron chi connectivity index (χ4n) is 2.00. The number of fused-ring (bicyclic) bond motifs is 1. The van der Waals surface area contributed by atoms with Crippen molar-refractivity contribution in [2.75, 3.05) is 5.32 Å². The van der Waals surface area contributed by atoms with Gasteiger partial charge in [0.05, 0.1) is 5.56 Å². The molecule has 0 fully saturated rings. The van der Waals surface area contributed by atoms with Crippen molar-refractivity contribution >= 4 is 23.1 Å². The maximum atomic E-state index is 10.9. The first-order valence-electron chi connectivity index (χ1n) is 6.41. The van der Waals surface area contributed by atoms with E-state index in [4.69, 9.17) is 9.52 Å². The average Bonchev–Trinajstić information content (AvgIpc) is 2.88. The first kappa shape index (κ1) is 13.1. The van der Waals surface area contributed by atoms with Crippen molar-refractivity contribution in [3.05, 3.63) is 53.3 Å². The topological polar surface area (TPSA) is 88.2 Å². The van der Waals surface area contributed by atoms with Gasteiger partial charge in [0.15, 0.2) is 5.58 Å². The van der Waals surface area contributed by atoms with Gasteiger partial charge in [-0.25, -0.2) is 4.79 Å². The molecule has 3 aromatic rings. The summed E-state index contributed by atoms with van der Waals surface area (Å²) in [6.45, 7) is 2.54. The molecule has 0 saturated heterocycles. The van der Waals surface area contributed by atoms with Crippen molar-refractivity contribution in [1.82, 2.24) is 9.97 Å². The highest BCUT2D eigenvalue weighted by Gasteiger charge is 2.09. The minimum absolute atomic E-state index is 0.176. The minimum Gasteiger partial charge on any atom is -0.478 e. The van der Waals surface area contributed by atoms with Crippen LogP contribution in [0.2, 0.25) is 0 Å². The van der Waals surface area contributed by atoms with Crippen LogP contribution in [0, 0.1) is 6.92 Å². The van der Waals surface area contributed by atoms with Crippen LogP contribution in [0.15, 0.2) is 41.1 Å². The van der Waals surface area contributed by atoms with Gasteiger partial charge in [-0.05, 0) is 42.3 Å². The third-order valence-electron chi connectivity index (χ3n) is 3.20. The molecule has 1 aromatic carbocycles.